The van der Waals surface area contributed by atoms with E-state index >= 15 is 0 Å². The van der Waals surface area contributed by atoms with Crippen molar-refractivity contribution >= 4 is 5.83 Å². The van der Waals surface area contributed by atoms with Crippen molar-refractivity contribution in [1.82, 2.24) is 0 Å². The Hall–Kier alpha value is -1.52. The predicted octanol–water partition coefficient (Wildman–Crippen LogP) is 3.26. The van der Waals surface area contributed by atoms with Crippen molar-refractivity contribution in [2.45, 2.75) is 6.18 Å². The number of alkyl halides is 3. The first-order chi connectivity index (χ1) is 6.38. The molecule has 14 heavy (non-hydrogen) atoms. The minimum absolute atomic E-state index is 0.131. The zero-order valence-corrected chi connectivity index (χ0v) is 6.85. The van der Waals surface area contributed by atoms with Crippen molar-refractivity contribution in [1.29, 1.82) is 0 Å². The van der Waals surface area contributed by atoms with E-state index in [4.69, 9.17) is 5.11 Å². The van der Waals surface area contributed by atoms with Gasteiger partial charge in [-0.2, -0.15) is 13.2 Å². The third kappa shape index (κ3) is 3.08. The molecule has 0 saturated carbocycles. The molecule has 1 rings (SSSR count). The van der Waals surface area contributed by atoms with Gasteiger partial charge in [-0.1, -0.05) is 0 Å². The Morgan fingerprint density at radius 2 is 1.64 bits per heavy atom. The van der Waals surface area contributed by atoms with E-state index in [-0.39, 0.29) is 11.3 Å². The molecule has 0 unspecified atom stereocenters. The summed E-state index contributed by atoms with van der Waals surface area (Å²) in [6.45, 7) is 0. The number of hydrogen-bond donors (Lipinski definition) is 1. The smallest absolute Gasteiger partial charge is 0.412 e. The zero-order chi connectivity index (χ0) is 10.8. The maximum absolute atomic E-state index is 12.8. The molecule has 0 heterocycles. The van der Waals surface area contributed by atoms with Gasteiger partial charge >= 0.3 is 6.18 Å². The molecule has 0 aliphatic carbocycles. The van der Waals surface area contributed by atoms with Crippen molar-refractivity contribution in [3.8, 4) is 5.75 Å². The molecular formula is C9H6F4O. The van der Waals surface area contributed by atoms with Crippen molar-refractivity contribution < 1.29 is 22.7 Å². The van der Waals surface area contributed by atoms with Gasteiger partial charge in [0.05, 0.1) is 6.08 Å². The molecule has 1 aromatic carbocycles. The van der Waals surface area contributed by atoms with Gasteiger partial charge in [0.1, 0.15) is 11.6 Å². The molecule has 5 heteroatoms. The van der Waals surface area contributed by atoms with Crippen molar-refractivity contribution in [3.63, 3.8) is 0 Å². The van der Waals surface area contributed by atoms with Crippen molar-refractivity contribution in [2.75, 3.05) is 0 Å². The van der Waals surface area contributed by atoms with Gasteiger partial charge in [-0.3, -0.25) is 0 Å². The topological polar surface area (TPSA) is 20.2 Å². The third-order valence-corrected chi connectivity index (χ3v) is 1.43. The number of hydrogen-bond acceptors (Lipinski definition) is 1. The molecule has 0 bridgehead atoms. The molecule has 0 saturated heterocycles. The van der Waals surface area contributed by atoms with Crippen LogP contribution >= 0.6 is 0 Å². The molecule has 1 N–H and O–H groups in total. The Labute approximate surface area is 77.3 Å². The van der Waals surface area contributed by atoms with Gasteiger partial charge in [0.2, 0.25) is 0 Å². The highest BCUT2D eigenvalue weighted by Gasteiger charge is 2.25. The fraction of sp³-hybridized carbons (Fsp3) is 0.111. The Morgan fingerprint density at radius 1 is 1.14 bits per heavy atom. The quantitative estimate of drug-likeness (QED) is 0.699. The monoisotopic (exact) mass is 206 g/mol. The van der Waals surface area contributed by atoms with Crippen LogP contribution in [0.3, 0.4) is 0 Å². The number of phenolic OH excluding ortho intramolecular Hbond substituents is 1. The molecular weight excluding hydrogens is 200 g/mol. The molecule has 0 aliphatic rings. The van der Waals surface area contributed by atoms with Crippen LogP contribution < -0.4 is 0 Å². The average molecular weight is 206 g/mol. The van der Waals surface area contributed by atoms with Gasteiger partial charge in [-0.05, 0) is 24.3 Å². The summed E-state index contributed by atoms with van der Waals surface area (Å²) < 4.78 is 47.9. The maximum atomic E-state index is 12.8. The van der Waals surface area contributed by atoms with Gasteiger partial charge in [-0.15, -0.1) is 0 Å². The molecule has 0 radical (unpaired) electrons. The van der Waals surface area contributed by atoms with Crippen LogP contribution in [0.15, 0.2) is 30.3 Å². The Balaban J connectivity index is 2.95. The average Bonchev–Trinajstić information content (AvgIpc) is 2.02. The normalized spacial score (nSPS) is 13.0. The minimum atomic E-state index is -4.68. The van der Waals surface area contributed by atoms with Crippen molar-refractivity contribution in [2.24, 2.45) is 0 Å². The van der Waals surface area contributed by atoms with Crippen LogP contribution in [0.4, 0.5) is 17.6 Å². The summed E-state index contributed by atoms with van der Waals surface area (Å²) in [4.78, 5) is 0. The SMILES string of the molecule is Oc1ccc(C(F)=CC(F)(F)F)cc1. The van der Waals surface area contributed by atoms with E-state index in [2.05, 4.69) is 0 Å². The van der Waals surface area contributed by atoms with E-state index < -0.39 is 18.1 Å². The number of halogens is 4. The van der Waals surface area contributed by atoms with Crippen LogP contribution in [-0.4, -0.2) is 11.3 Å². The fourth-order valence-corrected chi connectivity index (χ4v) is 0.848. The summed E-state index contributed by atoms with van der Waals surface area (Å²) in [5.74, 6) is -1.51. The van der Waals surface area contributed by atoms with Gasteiger partial charge in [0.15, 0.2) is 0 Å². The Morgan fingerprint density at radius 3 is 2.07 bits per heavy atom. The van der Waals surface area contributed by atoms with E-state index in [0.29, 0.717) is 0 Å². The largest absolute Gasteiger partial charge is 0.508 e. The van der Waals surface area contributed by atoms with E-state index in [1.54, 1.807) is 0 Å². The summed E-state index contributed by atoms with van der Waals surface area (Å²) in [6, 6.07) is 4.35. The highest BCUT2D eigenvalue weighted by atomic mass is 19.4. The van der Waals surface area contributed by atoms with Crippen LogP contribution in [0, 0.1) is 0 Å². The molecule has 0 amide bonds. The van der Waals surface area contributed by atoms with Crippen LogP contribution in [0.5, 0.6) is 5.75 Å². The maximum Gasteiger partial charge on any atom is 0.412 e. The summed E-state index contributed by atoms with van der Waals surface area (Å²) in [7, 11) is 0. The first-order valence-corrected chi connectivity index (χ1v) is 3.63. The van der Waals surface area contributed by atoms with E-state index in [1.807, 2.05) is 0 Å². The zero-order valence-electron chi connectivity index (χ0n) is 6.85. The fourth-order valence-electron chi connectivity index (χ4n) is 0.848. The van der Waals surface area contributed by atoms with Gasteiger partial charge in [0.25, 0.3) is 0 Å². The minimum Gasteiger partial charge on any atom is -0.508 e. The van der Waals surface area contributed by atoms with E-state index in [1.165, 1.54) is 0 Å². The molecule has 0 fully saturated rings. The van der Waals surface area contributed by atoms with Crippen LogP contribution in [-0.2, 0) is 0 Å². The Bertz CT molecular complexity index is 337. The first-order valence-electron chi connectivity index (χ1n) is 3.63. The number of aromatic hydroxyl groups is 1. The summed E-state index contributed by atoms with van der Waals surface area (Å²) in [6.07, 6.45) is -5.11. The lowest BCUT2D eigenvalue weighted by Gasteiger charge is -2.01. The molecule has 0 aliphatic heterocycles. The van der Waals surface area contributed by atoms with Gasteiger partial charge in [-0.25, -0.2) is 4.39 Å². The second kappa shape index (κ2) is 3.69. The van der Waals surface area contributed by atoms with Crippen LogP contribution in [0.2, 0.25) is 0 Å². The van der Waals surface area contributed by atoms with Crippen molar-refractivity contribution in [3.05, 3.63) is 35.9 Å². The summed E-state index contributed by atoms with van der Waals surface area (Å²) in [5, 5.41) is 8.81. The molecule has 76 valence electrons. The second-order valence-electron chi connectivity index (χ2n) is 2.58. The lowest BCUT2D eigenvalue weighted by Crippen LogP contribution is -2.01. The van der Waals surface area contributed by atoms with Crippen LogP contribution in [0.25, 0.3) is 5.83 Å². The summed E-state index contributed by atoms with van der Waals surface area (Å²) >= 11 is 0. The molecule has 0 spiro atoms. The predicted molar refractivity (Wildman–Crippen MR) is 43.2 cm³/mol. The number of phenols is 1. The molecule has 1 nitrogen and oxygen atoms in total. The van der Waals surface area contributed by atoms with E-state index in [9.17, 15) is 17.6 Å². The number of allylic oxidation sites excluding steroid dienone is 1. The molecule has 0 atom stereocenters. The second-order valence-corrected chi connectivity index (χ2v) is 2.58. The highest BCUT2D eigenvalue weighted by Crippen LogP contribution is 2.25. The van der Waals surface area contributed by atoms with Gasteiger partial charge < -0.3 is 5.11 Å². The number of rotatable bonds is 1. The number of benzene rings is 1. The lowest BCUT2D eigenvalue weighted by molar-refractivity contribution is -0.0798. The van der Waals surface area contributed by atoms with Crippen LogP contribution in [0.1, 0.15) is 5.56 Å². The molecule has 0 aromatic heterocycles. The standard InChI is InChI=1S/C9H6F4O/c10-8(5-9(11,12)13)6-1-3-7(14)4-2-6/h1-5,14H. The van der Waals surface area contributed by atoms with Gasteiger partial charge in [0, 0.05) is 5.56 Å². The first kappa shape index (κ1) is 10.6. The van der Waals surface area contributed by atoms with E-state index in [0.717, 1.165) is 24.3 Å². The Kier molecular flexibility index (Phi) is 2.78. The molecule has 1 aromatic rings. The lowest BCUT2D eigenvalue weighted by atomic mass is 10.2. The summed E-state index contributed by atoms with van der Waals surface area (Å²) in [5.41, 5.74) is -0.222. The third-order valence-electron chi connectivity index (χ3n) is 1.43. The highest BCUT2D eigenvalue weighted by molar-refractivity contribution is 5.60.